The smallest absolute Gasteiger partial charge is 0.412 e. The van der Waals surface area contributed by atoms with Crippen LogP contribution in [0, 0.1) is 0 Å². The number of ether oxygens (including phenoxy) is 2. The third-order valence-electron chi connectivity index (χ3n) is 2.11. The molecule has 0 fully saturated rings. The van der Waals surface area contributed by atoms with E-state index in [1.165, 1.54) is 6.08 Å². The first-order valence-corrected chi connectivity index (χ1v) is 8.28. The standard InChI is InChI=1S/C8H9Cl3F5NO3S/c9-8(10,11)6(21(12,13,14,15)16)20-7(18)17-5-1-3-19-4-2-5/h1,6H,2-4H2,(H,17,18). The molecule has 1 rings (SSSR count). The Morgan fingerprint density at radius 1 is 1.33 bits per heavy atom. The second-order valence-electron chi connectivity index (χ2n) is 3.99. The maximum Gasteiger partial charge on any atom is 0.412 e. The number of hydrogen-bond donors (Lipinski definition) is 1. The normalized spacial score (nSPS) is 21.6. The SMILES string of the molecule is O=C(NC1=CCOCC1)OC(C(Cl)(Cl)Cl)S(F)(F)(F)(F)F. The highest BCUT2D eigenvalue weighted by atomic mass is 35.6. The average Bonchev–Trinajstić information content (AvgIpc) is 2.22. The molecule has 1 aliphatic heterocycles. The molecule has 1 N–H and O–H groups in total. The van der Waals surface area contributed by atoms with E-state index in [9.17, 15) is 24.2 Å². The monoisotopic (exact) mass is 399 g/mol. The lowest BCUT2D eigenvalue weighted by Gasteiger charge is -2.47. The number of alkyl carbamates (subject to hydrolysis) is 1. The van der Waals surface area contributed by atoms with Crippen LogP contribution in [0.5, 0.6) is 0 Å². The summed E-state index contributed by atoms with van der Waals surface area (Å²) < 4.78 is 68.5. The molecule has 0 aromatic carbocycles. The maximum atomic E-state index is 12.7. The molecule has 1 amide bonds. The van der Waals surface area contributed by atoms with Gasteiger partial charge in [0.2, 0.25) is 3.79 Å². The van der Waals surface area contributed by atoms with Crippen LogP contribution in [0.4, 0.5) is 24.2 Å². The average molecular weight is 401 g/mol. The molecule has 0 aromatic heterocycles. The summed E-state index contributed by atoms with van der Waals surface area (Å²) in [5.41, 5.74) is -4.03. The Kier molecular flexibility index (Phi) is 4.67. The number of rotatable bonds is 3. The number of carbonyl (C=O) groups is 1. The predicted octanol–water partition coefficient (Wildman–Crippen LogP) is 5.01. The Labute approximate surface area is 131 Å². The molecule has 0 saturated carbocycles. The number of nitrogens with one attached hydrogen (secondary N) is 1. The number of halogens is 8. The van der Waals surface area contributed by atoms with Gasteiger partial charge in [0.15, 0.2) is 0 Å². The van der Waals surface area contributed by atoms with Gasteiger partial charge in [0, 0.05) is 12.1 Å². The Hall–Kier alpha value is -0.160. The van der Waals surface area contributed by atoms with Gasteiger partial charge in [0.1, 0.15) is 0 Å². The molecule has 126 valence electrons. The minimum atomic E-state index is -10.4. The van der Waals surface area contributed by atoms with Gasteiger partial charge in [-0.05, 0) is 6.08 Å². The molecule has 4 nitrogen and oxygen atoms in total. The summed E-state index contributed by atoms with van der Waals surface area (Å²) >= 11 is 14.6. The fourth-order valence-electron chi connectivity index (χ4n) is 1.31. The van der Waals surface area contributed by atoms with Gasteiger partial charge in [-0.2, -0.15) is 0 Å². The van der Waals surface area contributed by atoms with Gasteiger partial charge >= 0.3 is 16.3 Å². The van der Waals surface area contributed by atoms with Crippen molar-refractivity contribution in [2.75, 3.05) is 13.2 Å². The van der Waals surface area contributed by atoms with E-state index in [4.69, 9.17) is 39.5 Å². The third-order valence-corrected chi connectivity index (χ3v) is 4.35. The van der Waals surface area contributed by atoms with E-state index < -0.39 is 25.5 Å². The van der Waals surface area contributed by atoms with Crippen molar-refractivity contribution in [1.82, 2.24) is 5.32 Å². The molecular weight excluding hydrogens is 392 g/mol. The molecule has 0 radical (unpaired) electrons. The van der Waals surface area contributed by atoms with E-state index >= 15 is 0 Å². The highest BCUT2D eigenvalue weighted by Crippen LogP contribution is 3.01. The summed E-state index contributed by atoms with van der Waals surface area (Å²) in [5, 5.41) is 1.86. The molecule has 13 heteroatoms. The van der Waals surface area contributed by atoms with Crippen LogP contribution >= 0.6 is 45.0 Å². The van der Waals surface area contributed by atoms with Gasteiger partial charge in [0.05, 0.1) is 13.2 Å². The van der Waals surface area contributed by atoms with E-state index in [0.29, 0.717) is 0 Å². The van der Waals surface area contributed by atoms with Crippen molar-refractivity contribution in [2.45, 2.75) is 15.6 Å². The third kappa shape index (κ3) is 6.23. The highest BCUT2D eigenvalue weighted by Gasteiger charge is 2.78. The van der Waals surface area contributed by atoms with Gasteiger partial charge in [-0.1, -0.05) is 54.2 Å². The summed E-state index contributed by atoms with van der Waals surface area (Å²) in [6.45, 7) is 0.298. The lowest BCUT2D eigenvalue weighted by atomic mass is 10.3. The van der Waals surface area contributed by atoms with Crippen LogP contribution in [0.3, 0.4) is 0 Å². The van der Waals surface area contributed by atoms with Crippen LogP contribution < -0.4 is 5.32 Å². The van der Waals surface area contributed by atoms with Crippen molar-refractivity contribution in [1.29, 1.82) is 0 Å². The van der Waals surface area contributed by atoms with Crippen molar-refractivity contribution >= 4 is 51.1 Å². The molecule has 0 spiro atoms. The minimum absolute atomic E-state index is 0.102. The van der Waals surface area contributed by atoms with E-state index in [0.717, 1.165) is 0 Å². The highest BCUT2D eigenvalue weighted by molar-refractivity contribution is 8.46. The van der Waals surface area contributed by atoms with Gasteiger partial charge in [-0.15, -0.1) is 0 Å². The first-order chi connectivity index (χ1) is 9.09. The summed E-state index contributed by atoms with van der Waals surface area (Å²) in [4.78, 5) is 11.3. The summed E-state index contributed by atoms with van der Waals surface area (Å²) in [7, 11) is -10.4. The zero-order valence-electron chi connectivity index (χ0n) is 9.93. The zero-order chi connectivity index (χ0) is 16.6. The Balaban J connectivity index is 2.89. The summed E-state index contributed by atoms with van der Waals surface area (Å²) in [5.74, 6) is 0. The van der Waals surface area contributed by atoms with Gasteiger partial charge in [-0.3, -0.25) is 5.32 Å². The quantitative estimate of drug-likeness (QED) is 0.535. The van der Waals surface area contributed by atoms with Gasteiger partial charge in [-0.25, -0.2) is 4.79 Å². The van der Waals surface area contributed by atoms with Crippen molar-refractivity contribution in [3.63, 3.8) is 0 Å². The first kappa shape index (κ1) is 18.9. The minimum Gasteiger partial charge on any atom is -0.421 e. The molecule has 0 saturated heterocycles. The van der Waals surface area contributed by atoms with Crippen molar-refractivity contribution in [3.8, 4) is 0 Å². The molecule has 0 bridgehead atoms. The first-order valence-electron chi connectivity index (χ1n) is 5.13. The number of amides is 1. The van der Waals surface area contributed by atoms with Crippen LogP contribution in [-0.4, -0.2) is 28.5 Å². The molecule has 1 unspecified atom stereocenters. The van der Waals surface area contributed by atoms with Gasteiger partial charge in [0.25, 0.3) is 5.44 Å². The molecule has 1 atom stereocenters. The molecule has 21 heavy (non-hydrogen) atoms. The second kappa shape index (κ2) is 5.19. The van der Waals surface area contributed by atoms with Crippen molar-refractivity contribution < 1.29 is 33.7 Å². The van der Waals surface area contributed by atoms with E-state index in [2.05, 4.69) is 4.74 Å². The topological polar surface area (TPSA) is 47.6 Å². The molecule has 0 aliphatic carbocycles. The predicted molar refractivity (Wildman–Crippen MR) is 70.3 cm³/mol. The fraction of sp³-hybridized carbons (Fsp3) is 0.625. The van der Waals surface area contributed by atoms with Crippen LogP contribution in [0.25, 0.3) is 0 Å². The number of hydrogen-bond acceptors (Lipinski definition) is 3. The Morgan fingerprint density at radius 3 is 2.29 bits per heavy atom. The molecule has 1 aliphatic rings. The Bertz CT molecular complexity index is 463. The number of carbonyl (C=O) groups excluding carboxylic acids is 1. The van der Waals surface area contributed by atoms with Crippen LogP contribution in [0.1, 0.15) is 6.42 Å². The lowest BCUT2D eigenvalue weighted by Crippen LogP contribution is -2.43. The van der Waals surface area contributed by atoms with Crippen molar-refractivity contribution in [3.05, 3.63) is 11.8 Å². The van der Waals surface area contributed by atoms with Crippen LogP contribution in [0.15, 0.2) is 11.8 Å². The molecular formula is C8H9Cl3F5NO3S. The molecule has 1 heterocycles. The lowest BCUT2D eigenvalue weighted by molar-refractivity contribution is 0.109. The number of alkyl halides is 3. The largest absolute Gasteiger partial charge is 0.421 e. The summed E-state index contributed by atoms with van der Waals surface area (Å²) in [6.07, 6.45) is -0.327. The van der Waals surface area contributed by atoms with E-state index in [1.807, 2.05) is 5.32 Å². The zero-order valence-corrected chi connectivity index (χ0v) is 13.0. The van der Waals surface area contributed by atoms with E-state index in [-0.39, 0.29) is 25.3 Å². The Morgan fingerprint density at radius 2 is 1.90 bits per heavy atom. The van der Waals surface area contributed by atoms with Crippen LogP contribution in [0.2, 0.25) is 0 Å². The van der Waals surface area contributed by atoms with Crippen molar-refractivity contribution in [2.24, 2.45) is 0 Å². The second-order valence-corrected chi connectivity index (χ2v) is 8.84. The van der Waals surface area contributed by atoms with E-state index in [1.54, 1.807) is 0 Å². The van der Waals surface area contributed by atoms with Crippen LogP contribution in [-0.2, 0) is 9.47 Å². The molecule has 0 aromatic rings. The van der Waals surface area contributed by atoms with Gasteiger partial charge < -0.3 is 9.47 Å². The maximum absolute atomic E-state index is 12.7. The summed E-state index contributed by atoms with van der Waals surface area (Å²) in [6, 6.07) is 0. The fourth-order valence-corrected chi connectivity index (χ4v) is 3.73.